The van der Waals surface area contributed by atoms with E-state index in [4.69, 9.17) is 0 Å². The van der Waals surface area contributed by atoms with Crippen molar-refractivity contribution in [2.24, 2.45) is 0 Å². The topological polar surface area (TPSA) is 15.3 Å². The summed E-state index contributed by atoms with van der Waals surface area (Å²) in [6, 6.07) is 11.4. The SMILES string of the molecule is CC(c1cccs1)N(C)CCNc1ccccc1F. The van der Waals surface area contributed by atoms with Crippen molar-refractivity contribution in [3.05, 3.63) is 52.5 Å². The summed E-state index contributed by atoms with van der Waals surface area (Å²) in [5.74, 6) is -0.198. The Labute approximate surface area is 117 Å². The number of nitrogens with zero attached hydrogens (tertiary/aromatic N) is 1. The summed E-state index contributed by atoms with van der Waals surface area (Å²) in [7, 11) is 2.09. The molecule has 1 N–H and O–H groups in total. The van der Waals surface area contributed by atoms with Crippen LogP contribution in [0.25, 0.3) is 0 Å². The molecule has 19 heavy (non-hydrogen) atoms. The summed E-state index contributed by atoms with van der Waals surface area (Å²) in [5.41, 5.74) is 0.569. The average Bonchev–Trinajstić information content (AvgIpc) is 2.94. The highest BCUT2D eigenvalue weighted by Gasteiger charge is 2.11. The van der Waals surface area contributed by atoms with Crippen molar-refractivity contribution in [1.29, 1.82) is 0 Å². The van der Waals surface area contributed by atoms with Crippen LogP contribution in [-0.4, -0.2) is 25.0 Å². The fourth-order valence-electron chi connectivity index (χ4n) is 1.91. The smallest absolute Gasteiger partial charge is 0.146 e. The van der Waals surface area contributed by atoms with Crippen LogP contribution in [0, 0.1) is 5.82 Å². The molecule has 0 fully saturated rings. The molecule has 1 heterocycles. The summed E-state index contributed by atoms with van der Waals surface area (Å²) in [4.78, 5) is 3.62. The minimum Gasteiger partial charge on any atom is -0.381 e. The molecule has 0 amide bonds. The maximum atomic E-state index is 13.4. The Kier molecular flexibility index (Phi) is 4.93. The maximum absolute atomic E-state index is 13.4. The zero-order valence-corrected chi connectivity index (χ0v) is 12.1. The predicted molar refractivity (Wildman–Crippen MR) is 80.3 cm³/mol. The second-order valence-electron chi connectivity index (χ2n) is 4.58. The Balaban J connectivity index is 1.81. The summed E-state index contributed by atoms with van der Waals surface area (Å²) in [5, 5.41) is 5.23. The number of rotatable bonds is 6. The van der Waals surface area contributed by atoms with Crippen molar-refractivity contribution in [3.63, 3.8) is 0 Å². The number of hydrogen-bond acceptors (Lipinski definition) is 3. The molecule has 1 unspecified atom stereocenters. The number of likely N-dealkylation sites (N-methyl/N-ethyl adjacent to an activating group) is 1. The molecule has 0 spiro atoms. The first-order valence-corrected chi connectivity index (χ1v) is 7.28. The van der Waals surface area contributed by atoms with Crippen molar-refractivity contribution in [2.75, 3.05) is 25.5 Å². The minimum absolute atomic E-state index is 0.198. The van der Waals surface area contributed by atoms with Gasteiger partial charge in [0.05, 0.1) is 5.69 Å². The van der Waals surface area contributed by atoms with Gasteiger partial charge < -0.3 is 5.32 Å². The summed E-state index contributed by atoms with van der Waals surface area (Å²) < 4.78 is 13.4. The van der Waals surface area contributed by atoms with Gasteiger partial charge in [-0.15, -0.1) is 11.3 Å². The van der Waals surface area contributed by atoms with Crippen LogP contribution in [0.15, 0.2) is 41.8 Å². The number of benzene rings is 1. The molecule has 0 radical (unpaired) electrons. The molecule has 1 aromatic carbocycles. The van der Waals surface area contributed by atoms with Crippen molar-refractivity contribution in [3.8, 4) is 0 Å². The third-order valence-electron chi connectivity index (χ3n) is 3.27. The van der Waals surface area contributed by atoms with Crippen molar-refractivity contribution >= 4 is 17.0 Å². The molecule has 2 rings (SSSR count). The zero-order chi connectivity index (χ0) is 13.7. The highest BCUT2D eigenvalue weighted by molar-refractivity contribution is 7.10. The molecule has 0 saturated carbocycles. The van der Waals surface area contributed by atoms with Gasteiger partial charge in [0.25, 0.3) is 0 Å². The number of anilines is 1. The molecule has 4 heteroatoms. The van der Waals surface area contributed by atoms with Crippen LogP contribution in [0.5, 0.6) is 0 Å². The Morgan fingerprint density at radius 3 is 2.74 bits per heavy atom. The van der Waals surface area contributed by atoms with E-state index in [9.17, 15) is 4.39 Å². The third kappa shape index (κ3) is 3.78. The molecule has 102 valence electrons. The van der Waals surface area contributed by atoms with E-state index < -0.39 is 0 Å². The van der Waals surface area contributed by atoms with Gasteiger partial charge in [-0.05, 0) is 37.6 Å². The van der Waals surface area contributed by atoms with Crippen LogP contribution in [-0.2, 0) is 0 Å². The van der Waals surface area contributed by atoms with Crippen molar-refractivity contribution < 1.29 is 4.39 Å². The van der Waals surface area contributed by atoms with Crippen LogP contribution in [0.1, 0.15) is 17.8 Å². The Morgan fingerprint density at radius 2 is 2.05 bits per heavy atom. The molecule has 0 aliphatic carbocycles. The molecule has 0 aliphatic heterocycles. The van der Waals surface area contributed by atoms with E-state index in [1.54, 1.807) is 23.5 Å². The van der Waals surface area contributed by atoms with Gasteiger partial charge in [0, 0.05) is 24.0 Å². The Bertz CT molecular complexity index is 499. The molecular formula is C15H19FN2S. The maximum Gasteiger partial charge on any atom is 0.146 e. The Morgan fingerprint density at radius 1 is 1.26 bits per heavy atom. The van der Waals surface area contributed by atoms with E-state index in [2.05, 4.69) is 41.7 Å². The molecule has 0 saturated heterocycles. The molecule has 2 aromatic rings. The summed E-state index contributed by atoms with van der Waals surface area (Å²) in [6.07, 6.45) is 0. The monoisotopic (exact) mass is 278 g/mol. The van der Waals surface area contributed by atoms with Gasteiger partial charge in [0.15, 0.2) is 0 Å². The molecule has 1 aromatic heterocycles. The molecule has 0 aliphatic rings. The van der Waals surface area contributed by atoms with Crippen LogP contribution < -0.4 is 5.32 Å². The molecular weight excluding hydrogens is 259 g/mol. The average molecular weight is 278 g/mol. The van der Waals surface area contributed by atoms with Gasteiger partial charge in [-0.2, -0.15) is 0 Å². The van der Waals surface area contributed by atoms with Crippen molar-refractivity contribution in [2.45, 2.75) is 13.0 Å². The standard InChI is InChI=1S/C15H19FN2S/c1-12(15-8-5-11-19-15)18(2)10-9-17-14-7-4-3-6-13(14)16/h3-8,11-12,17H,9-10H2,1-2H3. The van der Waals surface area contributed by atoms with Gasteiger partial charge in [0.1, 0.15) is 5.82 Å². The van der Waals surface area contributed by atoms with Gasteiger partial charge in [-0.1, -0.05) is 18.2 Å². The van der Waals surface area contributed by atoms with Gasteiger partial charge >= 0.3 is 0 Å². The lowest BCUT2D eigenvalue weighted by Crippen LogP contribution is -2.27. The Hall–Kier alpha value is -1.39. The lowest BCUT2D eigenvalue weighted by molar-refractivity contribution is 0.275. The number of nitrogens with one attached hydrogen (secondary N) is 1. The van der Waals surface area contributed by atoms with Crippen LogP contribution >= 0.6 is 11.3 Å². The van der Waals surface area contributed by atoms with Gasteiger partial charge in [-0.3, -0.25) is 4.90 Å². The normalized spacial score (nSPS) is 12.6. The second kappa shape index (κ2) is 6.68. The first kappa shape index (κ1) is 14.0. The largest absolute Gasteiger partial charge is 0.381 e. The highest BCUT2D eigenvalue weighted by Crippen LogP contribution is 2.23. The van der Waals surface area contributed by atoms with Crippen molar-refractivity contribution in [1.82, 2.24) is 4.90 Å². The first-order chi connectivity index (χ1) is 9.18. The quantitative estimate of drug-likeness (QED) is 0.859. The lowest BCUT2D eigenvalue weighted by atomic mass is 10.2. The third-order valence-corrected chi connectivity index (χ3v) is 4.31. The van der Waals surface area contributed by atoms with E-state index in [-0.39, 0.29) is 5.82 Å². The van der Waals surface area contributed by atoms with Crippen LogP contribution in [0.2, 0.25) is 0 Å². The van der Waals surface area contributed by atoms with Crippen LogP contribution in [0.3, 0.4) is 0 Å². The van der Waals surface area contributed by atoms with Gasteiger partial charge in [0.2, 0.25) is 0 Å². The fourth-order valence-corrected chi connectivity index (χ4v) is 2.76. The zero-order valence-electron chi connectivity index (χ0n) is 11.3. The summed E-state index contributed by atoms with van der Waals surface area (Å²) >= 11 is 1.77. The van der Waals surface area contributed by atoms with Crippen LogP contribution in [0.4, 0.5) is 10.1 Å². The number of hydrogen-bond donors (Lipinski definition) is 1. The summed E-state index contributed by atoms with van der Waals surface area (Å²) in [6.45, 7) is 3.79. The predicted octanol–water partition coefficient (Wildman–Crippen LogP) is 3.99. The first-order valence-electron chi connectivity index (χ1n) is 6.40. The highest BCUT2D eigenvalue weighted by atomic mass is 32.1. The minimum atomic E-state index is -0.198. The van der Waals surface area contributed by atoms with E-state index in [1.807, 2.05) is 6.07 Å². The fraction of sp³-hybridized carbons (Fsp3) is 0.333. The number of thiophene rings is 1. The molecule has 1 atom stereocenters. The lowest BCUT2D eigenvalue weighted by Gasteiger charge is -2.24. The van der Waals surface area contributed by atoms with E-state index in [1.165, 1.54) is 10.9 Å². The van der Waals surface area contributed by atoms with E-state index in [0.29, 0.717) is 11.7 Å². The molecule has 0 bridgehead atoms. The second-order valence-corrected chi connectivity index (χ2v) is 5.56. The van der Waals surface area contributed by atoms with E-state index in [0.717, 1.165) is 13.1 Å². The number of para-hydroxylation sites is 1. The number of halogens is 1. The molecule has 2 nitrogen and oxygen atoms in total. The van der Waals surface area contributed by atoms with Gasteiger partial charge in [-0.25, -0.2) is 4.39 Å². The van der Waals surface area contributed by atoms with E-state index >= 15 is 0 Å².